The average molecular weight is 575 g/mol. The van der Waals surface area contributed by atoms with Crippen LogP contribution in [0.3, 0.4) is 0 Å². The summed E-state index contributed by atoms with van der Waals surface area (Å²) in [5, 5.41) is 12.9. The number of nitrogens with one attached hydrogen (secondary N) is 2. The lowest BCUT2D eigenvalue weighted by Gasteiger charge is -2.21. The zero-order chi connectivity index (χ0) is 30.4. The maximum Gasteiger partial charge on any atom is 0.412 e. The van der Waals surface area contributed by atoms with E-state index in [1.165, 1.54) is 6.20 Å². The van der Waals surface area contributed by atoms with Gasteiger partial charge in [-0.05, 0) is 31.4 Å². The van der Waals surface area contributed by atoms with Crippen LogP contribution in [-0.4, -0.2) is 60.7 Å². The first-order valence-electron chi connectivity index (χ1n) is 13.0. The summed E-state index contributed by atoms with van der Waals surface area (Å²) < 4.78 is 11.4. The Morgan fingerprint density at radius 3 is 2.36 bits per heavy atom. The highest BCUT2D eigenvalue weighted by molar-refractivity contribution is 5.98. The van der Waals surface area contributed by atoms with Crippen LogP contribution in [0.2, 0.25) is 0 Å². The lowest BCUT2D eigenvalue weighted by molar-refractivity contribution is -0.122. The van der Waals surface area contributed by atoms with Gasteiger partial charge in [0.25, 0.3) is 11.4 Å². The van der Waals surface area contributed by atoms with Crippen molar-refractivity contribution < 1.29 is 23.5 Å². The monoisotopic (exact) mass is 574 g/mol. The number of Topliss-reactive ketones (excluding diaryl/α,β-unsaturated/α-hetero) is 1. The Balaban J connectivity index is 1.60. The molecule has 1 unspecified atom stereocenters. The minimum Gasteiger partial charge on any atom is -0.453 e. The van der Waals surface area contributed by atoms with Gasteiger partial charge in [0, 0.05) is 12.4 Å². The highest BCUT2D eigenvalue weighted by Gasteiger charge is 2.35. The number of ketones is 1. The molecule has 14 nitrogen and oxygen atoms in total. The number of methoxy groups -OCH3 is 1. The number of rotatable bonds is 10. The van der Waals surface area contributed by atoms with Crippen molar-refractivity contribution in [3.63, 3.8) is 0 Å². The zero-order valence-corrected chi connectivity index (χ0v) is 23.7. The summed E-state index contributed by atoms with van der Waals surface area (Å²) in [4.78, 5) is 64.3. The molecular weight excluding hydrogens is 544 g/mol. The summed E-state index contributed by atoms with van der Waals surface area (Å²) in [5.74, 6) is -1.67. The molecule has 14 heteroatoms. The minimum absolute atomic E-state index is 0.132. The fraction of sp³-hybridized carbons (Fsp3) is 0.321. The summed E-state index contributed by atoms with van der Waals surface area (Å²) in [6.07, 6.45) is 3.64. The van der Waals surface area contributed by atoms with Gasteiger partial charge in [0.2, 0.25) is 23.4 Å². The van der Waals surface area contributed by atoms with Crippen molar-refractivity contribution in [1.82, 2.24) is 35.0 Å². The van der Waals surface area contributed by atoms with Crippen LogP contribution in [0.25, 0.3) is 11.3 Å². The number of hydrogen-bond acceptors (Lipinski definition) is 11. The molecule has 0 fully saturated rings. The van der Waals surface area contributed by atoms with Crippen molar-refractivity contribution in [1.29, 1.82) is 0 Å². The maximum absolute atomic E-state index is 13.4. The molecular formula is C28H30N8O6. The summed E-state index contributed by atoms with van der Waals surface area (Å²) in [7, 11) is 1.14. The van der Waals surface area contributed by atoms with Gasteiger partial charge in [0.15, 0.2) is 0 Å². The molecule has 0 aliphatic carbocycles. The molecule has 3 heterocycles. The second-order valence-corrected chi connectivity index (χ2v) is 10.1. The van der Waals surface area contributed by atoms with Crippen LogP contribution in [0.15, 0.2) is 64.2 Å². The number of carbonyl (C=O) groups is 3. The number of nitrogens with zero attached hydrogens (tertiary/aromatic N) is 6. The molecule has 0 radical (unpaired) electrons. The van der Waals surface area contributed by atoms with Crippen LogP contribution in [0.1, 0.15) is 50.1 Å². The number of aromatic nitrogens is 6. The normalized spacial score (nSPS) is 12.0. The largest absolute Gasteiger partial charge is 0.453 e. The van der Waals surface area contributed by atoms with Crippen LogP contribution < -0.4 is 16.2 Å². The van der Waals surface area contributed by atoms with Crippen LogP contribution in [0, 0.1) is 5.92 Å². The third kappa shape index (κ3) is 6.37. The van der Waals surface area contributed by atoms with E-state index in [2.05, 4.69) is 40.5 Å². The molecule has 0 aliphatic rings. The fourth-order valence-corrected chi connectivity index (χ4v) is 4.04. The van der Waals surface area contributed by atoms with E-state index in [1.54, 1.807) is 76.5 Å². The van der Waals surface area contributed by atoms with E-state index in [9.17, 15) is 19.2 Å². The molecule has 0 bridgehead atoms. The predicted molar refractivity (Wildman–Crippen MR) is 150 cm³/mol. The van der Waals surface area contributed by atoms with E-state index in [4.69, 9.17) is 4.42 Å². The van der Waals surface area contributed by atoms with Crippen molar-refractivity contribution in [2.24, 2.45) is 5.92 Å². The Labute approximate surface area is 240 Å². The first-order valence-corrected chi connectivity index (χ1v) is 13.0. The molecule has 218 valence electrons. The second-order valence-electron chi connectivity index (χ2n) is 10.1. The van der Waals surface area contributed by atoms with Crippen molar-refractivity contribution in [2.75, 3.05) is 12.4 Å². The van der Waals surface area contributed by atoms with E-state index in [0.29, 0.717) is 17.1 Å². The van der Waals surface area contributed by atoms with Gasteiger partial charge in [-0.1, -0.05) is 44.2 Å². The maximum atomic E-state index is 13.4. The molecule has 0 saturated carbocycles. The predicted octanol–water partition coefficient (Wildman–Crippen LogP) is 2.61. The highest BCUT2D eigenvalue weighted by Crippen LogP contribution is 2.28. The van der Waals surface area contributed by atoms with Gasteiger partial charge in [0.05, 0.1) is 25.0 Å². The molecule has 0 saturated heterocycles. The summed E-state index contributed by atoms with van der Waals surface area (Å²) in [6, 6.07) is 9.45. The quantitative estimate of drug-likeness (QED) is 0.265. The van der Waals surface area contributed by atoms with E-state index in [0.717, 1.165) is 11.7 Å². The Morgan fingerprint density at radius 1 is 1.02 bits per heavy atom. The van der Waals surface area contributed by atoms with Gasteiger partial charge >= 0.3 is 6.09 Å². The number of hydrogen-bond donors (Lipinski definition) is 2. The van der Waals surface area contributed by atoms with Crippen molar-refractivity contribution in [2.45, 2.75) is 45.7 Å². The molecule has 0 spiro atoms. The second kappa shape index (κ2) is 12.5. The van der Waals surface area contributed by atoms with Gasteiger partial charge in [-0.15, -0.1) is 10.2 Å². The smallest absolute Gasteiger partial charge is 0.412 e. The molecule has 2 amide bonds. The lowest BCUT2D eigenvalue weighted by atomic mass is 9.92. The van der Waals surface area contributed by atoms with Gasteiger partial charge in [-0.25, -0.2) is 19.7 Å². The third-order valence-electron chi connectivity index (χ3n) is 6.39. The van der Waals surface area contributed by atoms with Gasteiger partial charge in [0.1, 0.15) is 17.8 Å². The summed E-state index contributed by atoms with van der Waals surface area (Å²) in [6.45, 7) is 6.58. The van der Waals surface area contributed by atoms with Crippen molar-refractivity contribution in [3.8, 4) is 11.3 Å². The van der Waals surface area contributed by atoms with Crippen molar-refractivity contribution in [3.05, 3.63) is 82.9 Å². The number of benzene rings is 1. The molecule has 2 N–H and O–H groups in total. The van der Waals surface area contributed by atoms with Gasteiger partial charge in [-0.3, -0.25) is 24.3 Å². The zero-order valence-electron chi connectivity index (χ0n) is 23.7. The van der Waals surface area contributed by atoms with E-state index >= 15 is 0 Å². The fourth-order valence-electron chi connectivity index (χ4n) is 4.04. The van der Waals surface area contributed by atoms with Crippen LogP contribution in [0.5, 0.6) is 0 Å². The summed E-state index contributed by atoms with van der Waals surface area (Å²) >= 11 is 0. The standard InChI is InChI=1S/C28H30N8O6/c1-16(2)20(21(38)23-34-35-26(42-23)28(3,4)25-29-12-9-13-30-25)32-19(37)15-36-18(17-10-7-6-8-11-17)14-31-22(24(36)39)33-27(40)41-5/h6-14,16,20H,15H2,1-5H3,(H,32,37)(H,31,33,40). The first-order chi connectivity index (χ1) is 20.0. The first kappa shape index (κ1) is 29.7. The molecule has 3 aromatic heterocycles. The van der Waals surface area contributed by atoms with Crippen LogP contribution >= 0.6 is 0 Å². The van der Waals surface area contributed by atoms with E-state index < -0.39 is 41.3 Å². The van der Waals surface area contributed by atoms with Gasteiger partial charge in [-0.2, -0.15) is 0 Å². The van der Waals surface area contributed by atoms with E-state index in [1.807, 2.05) is 0 Å². The Kier molecular flexibility index (Phi) is 8.84. The van der Waals surface area contributed by atoms with Crippen LogP contribution in [0.4, 0.5) is 10.6 Å². The highest BCUT2D eigenvalue weighted by atomic mass is 16.5. The third-order valence-corrected chi connectivity index (χ3v) is 6.39. The van der Waals surface area contributed by atoms with E-state index in [-0.39, 0.29) is 23.5 Å². The number of anilines is 1. The lowest BCUT2D eigenvalue weighted by Crippen LogP contribution is -2.46. The molecule has 1 atom stereocenters. The molecule has 4 aromatic rings. The molecule has 4 rings (SSSR count). The number of amides is 2. The molecule has 0 aliphatic heterocycles. The Hall–Kier alpha value is -5.27. The number of carbonyl (C=O) groups excluding carboxylic acids is 3. The Bertz CT molecular complexity index is 1630. The minimum atomic E-state index is -1.05. The number of ether oxygens (including phenoxy) is 1. The molecule has 1 aromatic carbocycles. The SMILES string of the molecule is COC(=O)Nc1ncc(-c2ccccc2)n(CC(=O)NC(C(=O)c2nnc(C(C)(C)c3ncccn3)o2)C(C)C)c1=O. The Morgan fingerprint density at radius 2 is 1.71 bits per heavy atom. The van der Waals surface area contributed by atoms with Crippen molar-refractivity contribution >= 4 is 23.6 Å². The molecule has 42 heavy (non-hydrogen) atoms. The average Bonchev–Trinajstić information content (AvgIpc) is 3.50. The van der Waals surface area contributed by atoms with Crippen LogP contribution in [-0.2, 0) is 21.5 Å². The topological polar surface area (TPSA) is 184 Å². The van der Waals surface area contributed by atoms with Gasteiger partial charge < -0.3 is 14.5 Å². The summed E-state index contributed by atoms with van der Waals surface area (Å²) in [5.41, 5.74) is -0.684.